The van der Waals surface area contributed by atoms with Gasteiger partial charge in [0.25, 0.3) is 0 Å². The predicted molar refractivity (Wildman–Crippen MR) is 59.1 cm³/mol. The first kappa shape index (κ1) is 11.4. The molecule has 0 aromatic heterocycles. The zero-order valence-electron chi connectivity index (χ0n) is 10.4. The second-order valence-electron chi connectivity index (χ2n) is 6.01. The van der Waals surface area contributed by atoms with Crippen LogP contribution in [0, 0.1) is 5.41 Å². The van der Waals surface area contributed by atoms with Gasteiger partial charge in [0.2, 0.25) is 0 Å². The second-order valence-corrected chi connectivity index (χ2v) is 6.01. The molecule has 3 fully saturated rings. The van der Waals surface area contributed by atoms with Gasteiger partial charge in [-0.05, 0) is 40.5 Å². The zero-order chi connectivity index (χ0) is 12.1. The molecule has 4 heteroatoms. The van der Waals surface area contributed by atoms with Gasteiger partial charge in [0.15, 0.2) is 0 Å². The maximum absolute atomic E-state index is 11.9. The van der Waals surface area contributed by atoms with E-state index in [0.29, 0.717) is 6.54 Å². The maximum atomic E-state index is 11.9. The summed E-state index contributed by atoms with van der Waals surface area (Å²) < 4.78 is 5.32. The van der Waals surface area contributed by atoms with Crippen molar-refractivity contribution < 1.29 is 14.3 Å². The van der Waals surface area contributed by atoms with E-state index in [9.17, 15) is 9.59 Å². The SMILES string of the molecule is CC(=O)C12CC(C1)N(C(=O)OC(C)(C)C)C2. The average Bonchev–Trinajstić information content (AvgIpc) is 2.51. The van der Waals surface area contributed by atoms with Crippen LogP contribution in [-0.2, 0) is 9.53 Å². The third-order valence-corrected chi connectivity index (χ3v) is 3.54. The number of fused-ring (bicyclic) bond motifs is 1. The minimum atomic E-state index is -0.465. The molecule has 2 bridgehead atoms. The van der Waals surface area contributed by atoms with Crippen molar-refractivity contribution in [2.24, 2.45) is 5.41 Å². The van der Waals surface area contributed by atoms with E-state index in [1.165, 1.54) is 0 Å². The fraction of sp³-hybridized carbons (Fsp3) is 0.833. The van der Waals surface area contributed by atoms with E-state index < -0.39 is 5.60 Å². The van der Waals surface area contributed by atoms with E-state index in [1.807, 2.05) is 20.8 Å². The van der Waals surface area contributed by atoms with Gasteiger partial charge >= 0.3 is 6.09 Å². The van der Waals surface area contributed by atoms with Crippen LogP contribution in [0.15, 0.2) is 0 Å². The Balaban J connectivity index is 2.00. The summed E-state index contributed by atoms with van der Waals surface area (Å²) in [6.45, 7) is 7.72. The largest absolute Gasteiger partial charge is 0.444 e. The Kier molecular flexibility index (Phi) is 2.30. The molecule has 4 nitrogen and oxygen atoms in total. The lowest BCUT2D eigenvalue weighted by Crippen LogP contribution is -2.41. The van der Waals surface area contributed by atoms with Gasteiger partial charge in [-0.25, -0.2) is 4.79 Å². The van der Waals surface area contributed by atoms with E-state index in [-0.39, 0.29) is 23.3 Å². The topological polar surface area (TPSA) is 46.6 Å². The standard InChI is InChI=1S/C12H19NO3/c1-8(14)12-5-9(6-12)13(7-12)10(15)16-11(2,3)4/h9H,5-7H2,1-4H3. The quantitative estimate of drug-likeness (QED) is 0.685. The summed E-state index contributed by atoms with van der Waals surface area (Å²) in [6, 6.07) is 0.221. The second kappa shape index (κ2) is 3.22. The molecule has 2 aliphatic heterocycles. The van der Waals surface area contributed by atoms with Crippen LogP contribution in [0.1, 0.15) is 40.5 Å². The molecule has 0 N–H and O–H groups in total. The maximum Gasteiger partial charge on any atom is 0.410 e. The van der Waals surface area contributed by atoms with E-state index >= 15 is 0 Å². The van der Waals surface area contributed by atoms with Crippen LogP contribution in [0.5, 0.6) is 0 Å². The number of amides is 1. The average molecular weight is 225 g/mol. The summed E-state index contributed by atoms with van der Waals surface area (Å²) in [5.41, 5.74) is -0.713. The minimum Gasteiger partial charge on any atom is -0.444 e. The van der Waals surface area contributed by atoms with Crippen molar-refractivity contribution in [3.8, 4) is 0 Å². The van der Waals surface area contributed by atoms with Gasteiger partial charge in [-0.1, -0.05) is 0 Å². The van der Waals surface area contributed by atoms with Crippen LogP contribution in [0.4, 0.5) is 4.79 Å². The number of carbonyl (C=O) groups excluding carboxylic acids is 2. The summed E-state index contributed by atoms with van der Waals surface area (Å²) in [5.74, 6) is 0.204. The molecule has 16 heavy (non-hydrogen) atoms. The molecule has 0 aromatic carbocycles. The smallest absolute Gasteiger partial charge is 0.410 e. The fourth-order valence-corrected chi connectivity index (χ4v) is 2.58. The van der Waals surface area contributed by atoms with Crippen molar-refractivity contribution in [3.05, 3.63) is 0 Å². The molecule has 0 aromatic rings. The number of carbonyl (C=O) groups is 2. The lowest BCUT2D eigenvalue weighted by molar-refractivity contribution is -0.128. The predicted octanol–water partition coefficient (Wildman–Crippen LogP) is 1.97. The van der Waals surface area contributed by atoms with E-state index in [0.717, 1.165) is 12.8 Å². The summed E-state index contributed by atoms with van der Waals surface area (Å²) in [5, 5.41) is 0. The molecule has 1 amide bonds. The highest BCUT2D eigenvalue weighted by atomic mass is 16.6. The summed E-state index contributed by atoms with van der Waals surface area (Å²) >= 11 is 0. The van der Waals surface area contributed by atoms with Gasteiger partial charge in [0.05, 0.1) is 5.41 Å². The van der Waals surface area contributed by atoms with Crippen LogP contribution in [0.25, 0.3) is 0 Å². The van der Waals surface area contributed by atoms with Crippen molar-refractivity contribution in [1.29, 1.82) is 0 Å². The molecular formula is C12H19NO3. The number of hydrogen-bond donors (Lipinski definition) is 0. The Labute approximate surface area is 95.9 Å². The Bertz CT molecular complexity index is 337. The highest BCUT2D eigenvalue weighted by molar-refractivity contribution is 5.86. The number of nitrogens with zero attached hydrogens (tertiary/aromatic N) is 1. The first-order valence-corrected chi connectivity index (χ1v) is 5.74. The highest BCUT2D eigenvalue weighted by Gasteiger charge is 2.59. The molecule has 3 rings (SSSR count). The third-order valence-electron chi connectivity index (χ3n) is 3.54. The summed E-state index contributed by atoms with van der Waals surface area (Å²) in [7, 11) is 0. The molecular weight excluding hydrogens is 206 g/mol. The number of hydrogen-bond acceptors (Lipinski definition) is 3. The molecule has 2 saturated heterocycles. The molecule has 1 aliphatic carbocycles. The van der Waals surface area contributed by atoms with Crippen molar-refractivity contribution in [3.63, 3.8) is 0 Å². The monoisotopic (exact) mass is 225 g/mol. The first-order valence-electron chi connectivity index (χ1n) is 5.74. The third kappa shape index (κ3) is 1.70. The Hall–Kier alpha value is -1.06. The Morgan fingerprint density at radius 1 is 1.31 bits per heavy atom. The molecule has 2 heterocycles. The number of ketones is 1. The zero-order valence-corrected chi connectivity index (χ0v) is 10.4. The van der Waals surface area contributed by atoms with Crippen LogP contribution in [0.2, 0.25) is 0 Å². The van der Waals surface area contributed by atoms with E-state index in [1.54, 1.807) is 11.8 Å². The molecule has 1 saturated carbocycles. The van der Waals surface area contributed by atoms with Crippen LogP contribution in [0.3, 0.4) is 0 Å². The highest BCUT2D eigenvalue weighted by Crippen LogP contribution is 2.52. The summed E-state index contributed by atoms with van der Waals surface area (Å²) in [6.07, 6.45) is 1.36. The van der Waals surface area contributed by atoms with Gasteiger partial charge in [-0.2, -0.15) is 0 Å². The van der Waals surface area contributed by atoms with Crippen LogP contribution < -0.4 is 0 Å². The van der Waals surface area contributed by atoms with Crippen molar-refractivity contribution >= 4 is 11.9 Å². The molecule has 0 unspecified atom stereocenters. The minimum absolute atomic E-state index is 0.204. The number of rotatable bonds is 1. The van der Waals surface area contributed by atoms with Gasteiger partial charge in [-0.15, -0.1) is 0 Å². The lowest BCUT2D eigenvalue weighted by Gasteiger charge is -2.34. The van der Waals surface area contributed by atoms with Gasteiger partial charge in [0, 0.05) is 12.6 Å². The van der Waals surface area contributed by atoms with Crippen molar-refractivity contribution in [2.45, 2.75) is 52.2 Å². The van der Waals surface area contributed by atoms with Crippen LogP contribution in [-0.4, -0.2) is 35.0 Å². The molecule has 0 radical (unpaired) electrons. The Morgan fingerprint density at radius 2 is 1.88 bits per heavy atom. The lowest BCUT2D eigenvalue weighted by atomic mass is 9.68. The van der Waals surface area contributed by atoms with E-state index in [4.69, 9.17) is 4.74 Å². The first-order chi connectivity index (χ1) is 7.23. The van der Waals surface area contributed by atoms with E-state index in [2.05, 4.69) is 0 Å². The Morgan fingerprint density at radius 3 is 2.25 bits per heavy atom. The molecule has 0 spiro atoms. The van der Waals surface area contributed by atoms with Gasteiger partial charge in [-0.3, -0.25) is 4.79 Å². The summed E-state index contributed by atoms with van der Waals surface area (Å²) in [4.78, 5) is 25.1. The normalized spacial score (nSPS) is 32.2. The number of ether oxygens (including phenoxy) is 1. The molecule has 3 aliphatic rings. The molecule has 90 valence electrons. The van der Waals surface area contributed by atoms with Crippen LogP contribution >= 0.6 is 0 Å². The number of Topliss-reactive ketones (excluding diaryl/α,β-unsaturated/α-hetero) is 1. The van der Waals surface area contributed by atoms with Crippen molar-refractivity contribution in [2.75, 3.05) is 6.54 Å². The van der Waals surface area contributed by atoms with Crippen molar-refractivity contribution in [1.82, 2.24) is 4.90 Å². The molecule has 0 atom stereocenters. The van der Waals surface area contributed by atoms with Gasteiger partial charge < -0.3 is 9.64 Å². The van der Waals surface area contributed by atoms with Gasteiger partial charge in [0.1, 0.15) is 11.4 Å². The fourth-order valence-electron chi connectivity index (χ4n) is 2.58.